The van der Waals surface area contributed by atoms with Gasteiger partial charge in [-0.2, -0.15) is 0 Å². The third kappa shape index (κ3) is 2.64. The average Bonchev–Trinajstić information content (AvgIpc) is 3.03. The first kappa shape index (κ1) is 16.8. The molecule has 0 fully saturated rings. The minimum atomic E-state index is -0.239. The normalized spacial score (nSPS) is 12.4. The number of fused-ring (bicyclic) bond motifs is 3. The molecular formula is C19H16ClFIN3. The molecule has 0 aliphatic heterocycles. The molecule has 0 unspecified atom stereocenters. The SMILES string of the molecule is CC(C)(C)n1c(-c2ccc(F)cc2)c(I)c2nc3ccc(Cl)cn3c21. The average molecular weight is 468 g/mol. The Morgan fingerprint density at radius 1 is 1.08 bits per heavy atom. The van der Waals surface area contributed by atoms with Gasteiger partial charge >= 0.3 is 0 Å². The van der Waals surface area contributed by atoms with Gasteiger partial charge in [-0.1, -0.05) is 11.6 Å². The second kappa shape index (κ2) is 5.71. The fourth-order valence-electron chi connectivity index (χ4n) is 3.20. The Balaban J connectivity index is 2.18. The number of nitrogens with zero attached hydrogens (tertiary/aromatic N) is 3. The van der Waals surface area contributed by atoms with Gasteiger partial charge in [0.2, 0.25) is 0 Å². The van der Waals surface area contributed by atoms with E-state index in [2.05, 4.69) is 47.9 Å². The lowest BCUT2D eigenvalue weighted by molar-refractivity contribution is 0.412. The van der Waals surface area contributed by atoms with Crippen LogP contribution in [0.1, 0.15) is 20.8 Å². The molecule has 0 atom stereocenters. The Bertz CT molecular complexity index is 1100. The summed E-state index contributed by atoms with van der Waals surface area (Å²) in [5, 5.41) is 0.659. The van der Waals surface area contributed by atoms with E-state index in [1.54, 1.807) is 0 Å². The molecule has 3 heterocycles. The van der Waals surface area contributed by atoms with Gasteiger partial charge in [-0.25, -0.2) is 9.37 Å². The van der Waals surface area contributed by atoms with Crippen molar-refractivity contribution in [2.75, 3.05) is 0 Å². The zero-order valence-corrected chi connectivity index (χ0v) is 16.9. The minimum Gasteiger partial charge on any atom is -0.319 e. The number of hydrogen-bond acceptors (Lipinski definition) is 1. The lowest BCUT2D eigenvalue weighted by atomic mass is 10.1. The molecule has 6 heteroatoms. The van der Waals surface area contributed by atoms with E-state index in [0.29, 0.717) is 5.02 Å². The summed E-state index contributed by atoms with van der Waals surface area (Å²) in [4.78, 5) is 4.80. The van der Waals surface area contributed by atoms with Crippen LogP contribution >= 0.6 is 34.2 Å². The van der Waals surface area contributed by atoms with Crippen LogP contribution in [-0.4, -0.2) is 14.0 Å². The number of imidazole rings is 1. The van der Waals surface area contributed by atoms with Crippen LogP contribution in [0.3, 0.4) is 0 Å². The molecule has 0 saturated carbocycles. The van der Waals surface area contributed by atoms with Crippen LogP contribution in [0.25, 0.3) is 28.1 Å². The zero-order valence-electron chi connectivity index (χ0n) is 14.0. The highest BCUT2D eigenvalue weighted by atomic mass is 127. The Morgan fingerprint density at radius 2 is 1.76 bits per heavy atom. The standard InChI is InChI=1S/C19H16ClFIN3/c1-19(2,3)25-17(11-4-7-13(21)8-5-11)15(22)16-18(25)24-10-12(20)6-9-14(24)23-16/h4-10H,1-3H3. The van der Waals surface area contributed by atoms with Gasteiger partial charge < -0.3 is 4.57 Å². The van der Waals surface area contributed by atoms with Gasteiger partial charge in [0.25, 0.3) is 0 Å². The van der Waals surface area contributed by atoms with Crippen molar-refractivity contribution < 1.29 is 4.39 Å². The summed E-state index contributed by atoms with van der Waals surface area (Å²) in [6.07, 6.45) is 1.89. The summed E-state index contributed by atoms with van der Waals surface area (Å²) >= 11 is 8.55. The molecule has 4 rings (SSSR count). The van der Waals surface area contributed by atoms with E-state index in [4.69, 9.17) is 16.6 Å². The number of halogens is 3. The molecule has 0 spiro atoms. The molecule has 0 N–H and O–H groups in total. The van der Waals surface area contributed by atoms with Crippen LogP contribution in [0, 0.1) is 9.39 Å². The summed E-state index contributed by atoms with van der Waals surface area (Å²) < 4.78 is 18.7. The predicted octanol–water partition coefficient (Wildman–Crippen LogP) is 6.11. The third-order valence-electron chi connectivity index (χ3n) is 4.20. The fourth-order valence-corrected chi connectivity index (χ4v) is 4.28. The topological polar surface area (TPSA) is 22.2 Å². The van der Waals surface area contributed by atoms with Gasteiger partial charge in [0.05, 0.1) is 14.3 Å². The van der Waals surface area contributed by atoms with Crippen molar-refractivity contribution in [3.05, 3.63) is 57.0 Å². The molecule has 0 radical (unpaired) electrons. The molecule has 0 saturated heterocycles. The number of aromatic nitrogens is 3. The molecular weight excluding hydrogens is 452 g/mol. The van der Waals surface area contributed by atoms with Crippen molar-refractivity contribution in [3.63, 3.8) is 0 Å². The molecule has 0 aliphatic carbocycles. The molecule has 1 aromatic carbocycles. The van der Waals surface area contributed by atoms with Crippen LogP contribution in [0.2, 0.25) is 5.02 Å². The summed E-state index contributed by atoms with van der Waals surface area (Å²) in [7, 11) is 0. The van der Waals surface area contributed by atoms with Gasteiger partial charge in [-0.3, -0.25) is 4.40 Å². The Morgan fingerprint density at radius 3 is 2.40 bits per heavy atom. The van der Waals surface area contributed by atoms with Crippen molar-refractivity contribution in [2.24, 2.45) is 0 Å². The van der Waals surface area contributed by atoms with E-state index >= 15 is 0 Å². The first-order valence-corrected chi connectivity index (χ1v) is 9.37. The van der Waals surface area contributed by atoms with Gasteiger partial charge in [-0.15, -0.1) is 0 Å². The van der Waals surface area contributed by atoms with Crippen LogP contribution in [0.5, 0.6) is 0 Å². The van der Waals surface area contributed by atoms with E-state index in [9.17, 15) is 4.39 Å². The largest absolute Gasteiger partial charge is 0.319 e. The molecule has 4 aromatic rings. The van der Waals surface area contributed by atoms with E-state index in [0.717, 1.165) is 31.6 Å². The van der Waals surface area contributed by atoms with Gasteiger partial charge in [-0.05, 0) is 85.3 Å². The lowest BCUT2D eigenvalue weighted by Crippen LogP contribution is -2.23. The zero-order chi connectivity index (χ0) is 17.9. The molecule has 128 valence electrons. The van der Waals surface area contributed by atoms with Crippen LogP contribution in [-0.2, 0) is 5.54 Å². The van der Waals surface area contributed by atoms with Gasteiger partial charge in [0.1, 0.15) is 22.6 Å². The second-order valence-electron chi connectivity index (χ2n) is 7.04. The van der Waals surface area contributed by atoms with E-state index in [1.165, 1.54) is 12.1 Å². The number of pyridine rings is 1. The lowest BCUT2D eigenvalue weighted by Gasteiger charge is -2.26. The van der Waals surface area contributed by atoms with Crippen molar-refractivity contribution >= 4 is 51.0 Å². The van der Waals surface area contributed by atoms with Crippen LogP contribution in [0.4, 0.5) is 4.39 Å². The van der Waals surface area contributed by atoms with Crippen molar-refractivity contribution in [1.29, 1.82) is 0 Å². The quantitative estimate of drug-likeness (QED) is 0.310. The smallest absolute Gasteiger partial charge is 0.147 e. The third-order valence-corrected chi connectivity index (χ3v) is 5.44. The van der Waals surface area contributed by atoms with Crippen LogP contribution < -0.4 is 0 Å². The Hall–Kier alpha value is -1.60. The summed E-state index contributed by atoms with van der Waals surface area (Å²) in [5.74, 6) is -0.239. The van der Waals surface area contributed by atoms with E-state index < -0.39 is 0 Å². The van der Waals surface area contributed by atoms with E-state index in [-0.39, 0.29) is 11.4 Å². The summed E-state index contributed by atoms with van der Waals surface area (Å²) in [6.45, 7) is 6.46. The minimum absolute atomic E-state index is 0.191. The predicted molar refractivity (Wildman–Crippen MR) is 109 cm³/mol. The Labute approximate surface area is 163 Å². The van der Waals surface area contributed by atoms with E-state index in [1.807, 2.05) is 34.9 Å². The van der Waals surface area contributed by atoms with Crippen molar-refractivity contribution in [1.82, 2.24) is 14.0 Å². The molecule has 25 heavy (non-hydrogen) atoms. The molecule has 0 amide bonds. The number of benzene rings is 1. The summed E-state index contributed by atoms with van der Waals surface area (Å²) in [5.41, 5.74) is 4.60. The fraction of sp³-hybridized carbons (Fsp3) is 0.211. The van der Waals surface area contributed by atoms with Crippen LogP contribution in [0.15, 0.2) is 42.6 Å². The number of rotatable bonds is 1. The monoisotopic (exact) mass is 467 g/mol. The van der Waals surface area contributed by atoms with Gasteiger partial charge in [0.15, 0.2) is 0 Å². The molecule has 3 aromatic heterocycles. The first-order valence-electron chi connectivity index (χ1n) is 7.91. The maximum Gasteiger partial charge on any atom is 0.147 e. The summed E-state index contributed by atoms with van der Waals surface area (Å²) in [6, 6.07) is 10.4. The maximum atomic E-state index is 13.4. The van der Waals surface area contributed by atoms with Gasteiger partial charge in [0, 0.05) is 11.7 Å². The number of hydrogen-bond donors (Lipinski definition) is 0. The molecule has 3 nitrogen and oxygen atoms in total. The Kier molecular flexibility index (Phi) is 3.85. The maximum absolute atomic E-state index is 13.4. The first-order chi connectivity index (χ1) is 11.8. The molecule has 0 aliphatic rings. The highest BCUT2D eigenvalue weighted by Crippen LogP contribution is 2.39. The van der Waals surface area contributed by atoms with Crippen molar-refractivity contribution in [3.8, 4) is 11.3 Å². The molecule has 0 bridgehead atoms. The second-order valence-corrected chi connectivity index (χ2v) is 8.55. The highest BCUT2D eigenvalue weighted by molar-refractivity contribution is 14.1. The van der Waals surface area contributed by atoms with Crippen molar-refractivity contribution in [2.45, 2.75) is 26.3 Å². The highest BCUT2D eigenvalue weighted by Gasteiger charge is 2.28.